The highest BCUT2D eigenvalue weighted by atomic mass is 32.1. The lowest BCUT2D eigenvalue weighted by atomic mass is 10.1. The zero-order chi connectivity index (χ0) is 15.6. The Balaban J connectivity index is 1.40. The van der Waals surface area contributed by atoms with Crippen LogP contribution in [0.1, 0.15) is 35.9 Å². The molecule has 0 radical (unpaired) electrons. The molecule has 0 N–H and O–H groups in total. The SMILES string of the molecule is O=C(CCc1ccc2c(c1)OCO2)N1CCC[C@H]1c1nccs1. The summed E-state index contributed by atoms with van der Waals surface area (Å²) in [5, 5.41) is 3.03. The van der Waals surface area contributed by atoms with Crippen molar-refractivity contribution in [3.63, 3.8) is 0 Å². The molecule has 1 aromatic carbocycles. The van der Waals surface area contributed by atoms with Gasteiger partial charge in [-0.25, -0.2) is 4.98 Å². The quantitative estimate of drug-likeness (QED) is 0.864. The number of nitrogens with zero attached hydrogens (tertiary/aromatic N) is 2. The fourth-order valence-corrected chi connectivity index (χ4v) is 4.00. The van der Waals surface area contributed by atoms with Gasteiger partial charge in [0.1, 0.15) is 5.01 Å². The van der Waals surface area contributed by atoms with Crippen molar-refractivity contribution in [1.29, 1.82) is 0 Å². The second kappa shape index (κ2) is 6.20. The van der Waals surface area contributed by atoms with Crippen LogP contribution in [0.25, 0.3) is 0 Å². The number of amides is 1. The Morgan fingerprint density at radius 1 is 1.35 bits per heavy atom. The second-order valence-electron chi connectivity index (χ2n) is 5.80. The van der Waals surface area contributed by atoms with Crippen molar-refractivity contribution in [3.05, 3.63) is 40.3 Å². The van der Waals surface area contributed by atoms with Crippen molar-refractivity contribution in [2.24, 2.45) is 0 Å². The zero-order valence-corrected chi connectivity index (χ0v) is 13.6. The Morgan fingerprint density at radius 3 is 3.13 bits per heavy atom. The summed E-state index contributed by atoms with van der Waals surface area (Å²) < 4.78 is 10.7. The molecule has 5 nitrogen and oxygen atoms in total. The normalized spacial score (nSPS) is 19.3. The minimum Gasteiger partial charge on any atom is -0.454 e. The van der Waals surface area contributed by atoms with Gasteiger partial charge in [0.2, 0.25) is 12.7 Å². The monoisotopic (exact) mass is 330 g/mol. The predicted octanol–water partition coefficient (Wildman–Crippen LogP) is 3.17. The van der Waals surface area contributed by atoms with Crippen LogP contribution in [0, 0.1) is 0 Å². The van der Waals surface area contributed by atoms with Crippen LogP contribution in [0.3, 0.4) is 0 Å². The van der Waals surface area contributed by atoms with E-state index >= 15 is 0 Å². The number of thiazole rings is 1. The minimum absolute atomic E-state index is 0.166. The molecule has 1 saturated heterocycles. The summed E-state index contributed by atoms with van der Waals surface area (Å²) in [6, 6.07) is 6.05. The molecule has 1 atom stereocenters. The van der Waals surface area contributed by atoms with Gasteiger partial charge in [0.05, 0.1) is 6.04 Å². The van der Waals surface area contributed by atoms with E-state index in [9.17, 15) is 4.79 Å². The molecule has 0 saturated carbocycles. The molecule has 2 aliphatic rings. The summed E-state index contributed by atoms with van der Waals surface area (Å²) in [5.74, 6) is 1.76. The molecular formula is C17H18N2O3S. The number of fused-ring (bicyclic) bond motifs is 1. The first kappa shape index (κ1) is 14.5. The maximum atomic E-state index is 12.6. The Morgan fingerprint density at radius 2 is 2.26 bits per heavy atom. The van der Waals surface area contributed by atoms with Gasteiger partial charge in [-0.05, 0) is 37.0 Å². The molecule has 1 amide bonds. The topological polar surface area (TPSA) is 51.7 Å². The lowest BCUT2D eigenvalue weighted by Gasteiger charge is -2.23. The Labute approximate surface area is 138 Å². The Hall–Kier alpha value is -2.08. The van der Waals surface area contributed by atoms with E-state index in [1.165, 1.54) is 0 Å². The van der Waals surface area contributed by atoms with Gasteiger partial charge < -0.3 is 14.4 Å². The first-order valence-corrected chi connectivity index (χ1v) is 8.76. The van der Waals surface area contributed by atoms with Crippen LogP contribution >= 0.6 is 11.3 Å². The summed E-state index contributed by atoms with van der Waals surface area (Å²) in [7, 11) is 0. The highest BCUT2D eigenvalue weighted by Crippen LogP contribution is 2.35. The van der Waals surface area contributed by atoms with Crippen molar-refractivity contribution in [2.75, 3.05) is 13.3 Å². The first-order chi connectivity index (χ1) is 11.3. The molecule has 23 heavy (non-hydrogen) atoms. The number of aromatic nitrogens is 1. The van der Waals surface area contributed by atoms with E-state index in [1.807, 2.05) is 34.7 Å². The van der Waals surface area contributed by atoms with Crippen LogP contribution in [0.4, 0.5) is 0 Å². The van der Waals surface area contributed by atoms with Crippen molar-refractivity contribution in [1.82, 2.24) is 9.88 Å². The molecule has 0 bridgehead atoms. The van der Waals surface area contributed by atoms with Crippen LogP contribution in [0.5, 0.6) is 11.5 Å². The van der Waals surface area contributed by atoms with E-state index in [1.54, 1.807) is 11.3 Å². The fraction of sp³-hybridized carbons (Fsp3) is 0.412. The number of ether oxygens (including phenoxy) is 2. The average molecular weight is 330 g/mol. The number of aryl methyl sites for hydroxylation is 1. The van der Waals surface area contributed by atoms with Gasteiger partial charge in [-0.1, -0.05) is 6.07 Å². The molecule has 6 heteroatoms. The standard InChI is InChI=1S/C17H18N2O3S/c20-16(19-8-1-2-13(19)17-18-7-9-23-17)6-4-12-3-5-14-15(10-12)22-11-21-14/h3,5,7,9-10,13H,1-2,4,6,8,11H2/t13-/m0/s1. The highest BCUT2D eigenvalue weighted by molar-refractivity contribution is 7.09. The smallest absolute Gasteiger partial charge is 0.231 e. The molecule has 4 rings (SSSR count). The Bertz CT molecular complexity index is 702. The summed E-state index contributed by atoms with van der Waals surface area (Å²) in [5.41, 5.74) is 1.10. The predicted molar refractivity (Wildman–Crippen MR) is 86.7 cm³/mol. The van der Waals surface area contributed by atoms with Gasteiger partial charge >= 0.3 is 0 Å². The average Bonchev–Trinajstić information content (AvgIpc) is 3.32. The number of rotatable bonds is 4. The fourth-order valence-electron chi connectivity index (χ4n) is 3.21. The van der Waals surface area contributed by atoms with Crippen molar-refractivity contribution >= 4 is 17.2 Å². The maximum absolute atomic E-state index is 12.6. The molecule has 120 valence electrons. The largest absolute Gasteiger partial charge is 0.454 e. The number of carbonyl (C=O) groups is 1. The van der Waals surface area contributed by atoms with Gasteiger partial charge in [-0.2, -0.15) is 0 Å². The molecule has 3 heterocycles. The highest BCUT2D eigenvalue weighted by Gasteiger charge is 2.31. The van der Waals surface area contributed by atoms with Crippen LogP contribution in [0.15, 0.2) is 29.8 Å². The summed E-state index contributed by atoms with van der Waals surface area (Å²) in [4.78, 5) is 19.0. The molecule has 1 fully saturated rings. The molecule has 2 aromatic rings. The third-order valence-electron chi connectivity index (χ3n) is 4.37. The van der Waals surface area contributed by atoms with E-state index in [4.69, 9.17) is 9.47 Å². The summed E-state index contributed by atoms with van der Waals surface area (Å²) in [6.07, 6.45) is 5.12. The van der Waals surface area contributed by atoms with Gasteiger partial charge in [0.15, 0.2) is 11.5 Å². The van der Waals surface area contributed by atoms with Crippen LogP contribution in [-0.2, 0) is 11.2 Å². The number of hydrogen-bond donors (Lipinski definition) is 0. The summed E-state index contributed by atoms with van der Waals surface area (Å²) >= 11 is 1.63. The number of likely N-dealkylation sites (tertiary alicyclic amines) is 1. The lowest BCUT2D eigenvalue weighted by molar-refractivity contribution is -0.132. The molecule has 2 aliphatic heterocycles. The van der Waals surface area contributed by atoms with Crippen molar-refractivity contribution in [3.8, 4) is 11.5 Å². The van der Waals surface area contributed by atoms with E-state index in [2.05, 4.69) is 4.98 Å². The van der Waals surface area contributed by atoms with Crippen molar-refractivity contribution < 1.29 is 14.3 Å². The van der Waals surface area contributed by atoms with E-state index in [-0.39, 0.29) is 18.7 Å². The van der Waals surface area contributed by atoms with E-state index in [0.717, 1.165) is 47.9 Å². The minimum atomic E-state index is 0.166. The van der Waals surface area contributed by atoms with Crippen LogP contribution in [-0.4, -0.2) is 29.1 Å². The molecular weight excluding hydrogens is 312 g/mol. The number of carbonyl (C=O) groups excluding carboxylic acids is 1. The first-order valence-electron chi connectivity index (χ1n) is 7.88. The molecule has 0 unspecified atom stereocenters. The maximum Gasteiger partial charge on any atom is 0.231 e. The molecule has 0 spiro atoms. The Kier molecular flexibility index (Phi) is 3.91. The lowest BCUT2D eigenvalue weighted by Crippen LogP contribution is -2.30. The second-order valence-corrected chi connectivity index (χ2v) is 6.73. The van der Waals surface area contributed by atoms with Gasteiger partial charge in [-0.15, -0.1) is 11.3 Å². The number of hydrogen-bond acceptors (Lipinski definition) is 5. The summed E-state index contributed by atoms with van der Waals surface area (Å²) in [6.45, 7) is 1.12. The number of benzene rings is 1. The van der Waals surface area contributed by atoms with E-state index in [0.29, 0.717) is 6.42 Å². The van der Waals surface area contributed by atoms with E-state index < -0.39 is 0 Å². The van der Waals surface area contributed by atoms with Crippen LogP contribution in [0.2, 0.25) is 0 Å². The molecule has 0 aliphatic carbocycles. The third kappa shape index (κ3) is 2.91. The van der Waals surface area contributed by atoms with Crippen molar-refractivity contribution in [2.45, 2.75) is 31.7 Å². The van der Waals surface area contributed by atoms with Gasteiger partial charge in [0.25, 0.3) is 0 Å². The third-order valence-corrected chi connectivity index (χ3v) is 5.25. The zero-order valence-electron chi connectivity index (χ0n) is 12.7. The van der Waals surface area contributed by atoms with Gasteiger partial charge in [-0.3, -0.25) is 4.79 Å². The van der Waals surface area contributed by atoms with Gasteiger partial charge in [0, 0.05) is 24.5 Å². The van der Waals surface area contributed by atoms with Crippen LogP contribution < -0.4 is 9.47 Å². The molecule has 1 aromatic heterocycles.